The third-order valence-corrected chi connectivity index (χ3v) is 8.68. The van der Waals surface area contributed by atoms with Gasteiger partial charge >= 0.3 is 0 Å². The summed E-state index contributed by atoms with van der Waals surface area (Å²) < 4.78 is 36.8. The van der Waals surface area contributed by atoms with Crippen LogP contribution in [0.15, 0.2) is 53.7 Å². The molecule has 1 amide bonds. The van der Waals surface area contributed by atoms with Crippen LogP contribution >= 0.6 is 23.4 Å². The SMILES string of the molecule is CCOc1ccc(OCc2nnc(SCC(=O)N(C)[C@@H]3CCS(=O)(=O)C3)n2-c2ccc(Cl)cc2)cc1. The van der Waals surface area contributed by atoms with E-state index in [0.717, 1.165) is 11.4 Å². The van der Waals surface area contributed by atoms with Crippen LogP contribution in [-0.2, 0) is 21.2 Å². The van der Waals surface area contributed by atoms with Gasteiger partial charge in [-0.3, -0.25) is 9.36 Å². The van der Waals surface area contributed by atoms with Gasteiger partial charge in [-0.1, -0.05) is 23.4 Å². The highest BCUT2D eigenvalue weighted by Crippen LogP contribution is 2.26. The van der Waals surface area contributed by atoms with Gasteiger partial charge in [0.15, 0.2) is 20.8 Å². The fourth-order valence-electron chi connectivity index (χ4n) is 3.80. The number of nitrogens with zero attached hydrogens (tertiary/aromatic N) is 4. The van der Waals surface area contributed by atoms with Crippen molar-refractivity contribution < 1.29 is 22.7 Å². The summed E-state index contributed by atoms with van der Waals surface area (Å²) in [5.74, 6) is 2.02. The maximum absolute atomic E-state index is 12.8. The van der Waals surface area contributed by atoms with Crippen LogP contribution in [0.2, 0.25) is 5.02 Å². The number of hydrogen-bond acceptors (Lipinski definition) is 8. The van der Waals surface area contributed by atoms with Crippen molar-refractivity contribution in [1.29, 1.82) is 0 Å². The molecule has 9 nitrogen and oxygen atoms in total. The maximum Gasteiger partial charge on any atom is 0.233 e. The van der Waals surface area contributed by atoms with E-state index in [2.05, 4.69) is 10.2 Å². The van der Waals surface area contributed by atoms with Crippen LogP contribution in [0.3, 0.4) is 0 Å². The summed E-state index contributed by atoms with van der Waals surface area (Å²) in [6, 6.07) is 14.2. The van der Waals surface area contributed by atoms with Crippen molar-refractivity contribution in [3.8, 4) is 17.2 Å². The summed E-state index contributed by atoms with van der Waals surface area (Å²) in [5.41, 5.74) is 0.778. The monoisotopic (exact) mass is 550 g/mol. The molecule has 36 heavy (non-hydrogen) atoms. The number of aromatic nitrogens is 3. The number of thioether (sulfide) groups is 1. The fourth-order valence-corrected chi connectivity index (χ4v) is 6.59. The Hall–Kier alpha value is -2.76. The summed E-state index contributed by atoms with van der Waals surface area (Å²) >= 11 is 7.31. The topological polar surface area (TPSA) is 104 Å². The Morgan fingerprint density at radius 2 is 1.78 bits per heavy atom. The molecule has 0 saturated carbocycles. The van der Waals surface area contributed by atoms with Crippen LogP contribution in [-0.4, -0.2) is 70.9 Å². The molecular formula is C24H27ClN4O5S2. The minimum absolute atomic E-state index is 0.00784. The van der Waals surface area contributed by atoms with E-state index in [1.807, 2.05) is 47.9 Å². The molecule has 0 spiro atoms. The van der Waals surface area contributed by atoms with Crippen molar-refractivity contribution >= 4 is 39.1 Å². The van der Waals surface area contributed by atoms with Crippen molar-refractivity contribution in [2.75, 3.05) is 30.9 Å². The molecule has 0 bridgehead atoms. The number of carbonyl (C=O) groups is 1. The third kappa shape index (κ3) is 6.51. The van der Waals surface area contributed by atoms with E-state index in [1.54, 1.807) is 19.2 Å². The van der Waals surface area contributed by atoms with Gasteiger partial charge in [0.25, 0.3) is 0 Å². The van der Waals surface area contributed by atoms with Crippen LogP contribution in [0, 0.1) is 0 Å². The molecule has 0 aliphatic carbocycles. The quantitative estimate of drug-likeness (QED) is 0.352. The molecule has 0 N–H and O–H groups in total. The van der Waals surface area contributed by atoms with Gasteiger partial charge < -0.3 is 14.4 Å². The molecule has 1 aliphatic heterocycles. The first-order chi connectivity index (χ1) is 17.3. The molecule has 4 rings (SSSR count). The van der Waals surface area contributed by atoms with Gasteiger partial charge in [-0.2, -0.15) is 0 Å². The normalized spacial score (nSPS) is 16.6. The van der Waals surface area contributed by atoms with Gasteiger partial charge in [0.05, 0.1) is 23.9 Å². The Morgan fingerprint density at radius 1 is 1.11 bits per heavy atom. The summed E-state index contributed by atoms with van der Waals surface area (Å²) in [6.45, 7) is 2.66. The molecule has 0 radical (unpaired) electrons. The van der Waals surface area contributed by atoms with Crippen molar-refractivity contribution in [3.63, 3.8) is 0 Å². The van der Waals surface area contributed by atoms with Crippen molar-refractivity contribution in [2.45, 2.75) is 31.1 Å². The van der Waals surface area contributed by atoms with Crippen LogP contribution in [0.4, 0.5) is 0 Å². The molecule has 2 aromatic carbocycles. The number of sulfone groups is 1. The first-order valence-electron chi connectivity index (χ1n) is 11.4. The first kappa shape index (κ1) is 26.3. The Balaban J connectivity index is 1.48. The maximum atomic E-state index is 12.8. The molecule has 192 valence electrons. The zero-order valence-corrected chi connectivity index (χ0v) is 22.4. The second-order valence-corrected chi connectivity index (χ2v) is 11.9. The smallest absolute Gasteiger partial charge is 0.233 e. The summed E-state index contributed by atoms with van der Waals surface area (Å²) in [5, 5.41) is 9.71. The number of benzene rings is 2. The van der Waals surface area contributed by atoms with Crippen LogP contribution in [0.1, 0.15) is 19.2 Å². The highest BCUT2D eigenvalue weighted by Gasteiger charge is 2.32. The minimum Gasteiger partial charge on any atom is -0.494 e. The van der Waals surface area contributed by atoms with Crippen LogP contribution in [0.5, 0.6) is 11.5 Å². The largest absolute Gasteiger partial charge is 0.494 e. The highest BCUT2D eigenvalue weighted by molar-refractivity contribution is 7.99. The number of hydrogen-bond donors (Lipinski definition) is 0. The first-order valence-corrected chi connectivity index (χ1v) is 14.6. The number of halogens is 1. The Labute approximate surface area is 219 Å². The second-order valence-electron chi connectivity index (χ2n) is 8.25. The Bertz CT molecular complexity index is 1300. The van der Waals surface area contributed by atoms with E-state index in [0.29, 0.717) is 34.8 Å². The Kier molecular flexibility index (Phi) is 8.43. The van der Waals surface area contributed by atoms with Crippen molar-refractivity contribution in [2.24, 2.45) is 0 Å². The highest BCUT2D eigenvalue weighted by atomic mass is 35.5. The molecule has 3 aromatic rings. The molecule has 12 heteroatoms. The zero-order valence-electron chi connectivity index (χ0n) is 20.0. The molecular weight excluding hydrogens is 524 g/mol. The van der Waals surface area contributed by atoms with E-state index in [4.69, 9.17) is 21.1 Å². The molecule has 1 aliphatic rings. The lowest BCUT2D eigenvalue weighted by atomic mass is 10.2. The number of carbonyl (C=O) groups excluding carboxylic acids is 1. The van der Waals surface area contributed by atoms with E-state index >= 15 is 0 Å². The average molecular weight is 551 g/mol. The molecule has 0 unspecified atom stereocenters. The Morgan fingerprint density at radius 3 is 2.39 bits per heavy atom. The number of ether oxygens (including phenoxy) is 2. The van der Waals surface area contributed by atoms with E-state index < -0.39 is 9.84 Å². The average Bonchev–Trinajstić information content (AvgIpc) is 3.44. The minimum atomic E-state index is -3.08. The molecule has 2 heterocycles. The zero-order chi connectivity index (χ0) is 25.7. The standard InChI is InChI=1S/C24H27ClN4O5S2/c1-3-33-20-8-10-21(11-9-20)34-14-22-26-27-24(29(22)18-6-4-17(25)5-7-18)35-15-23(30)28(2)19-12-13-36(31,32)16-19/h4-11,19H,3,12-16H2,1-2H3/t19-/m1/s1. The molecule has 1 fully saturated rings. The second kappa shape index (κ2) is 11.5. The van der Waals surface area contributed by atoms with Gasteiger partial charge in [-0.25, -0.2) is 8.42 Å². The number of rotatable bonds is 10. The van der Waals surface area contributed by atoms with Gasteiger partial charge in [-0.05, 0) is 61.9 Å². The summed E-state index contributed by atoms with van der Waals surface area (Å²) in [6.07, 6.45) is 0.462. The van der Waals surface area contributed by atoms with Gasteiger partial charge in [0, 0.05) is 23.8 Å². The van der Waals surface area contributed by atoms with Crippen molar-refractivity contribution in [1.82, 2.24) is 19.7 Å². The van der Waals surface area contributed by atoms with Gasteiger partial charge in [0.1, 0.15) is 18.1 Å². The molecule has 1 saturated heterocycles. The van der Waals surface area contributed by atoms with Crippen LogP contribution < -0.4 is 9.47 Å². The number of amides is 1. The summed E-state index contributed by atoms with van der Waals surface area (Å²) in [7, 11) is -1.43. The predicted octanol–water partition coefficient (Wildman–Crippen LogP) is 3.64. The van der Waals surface area contributed by atoms with E-state index in [9.17, 15) is 13.2 Å². The summed E-state index contributed by atoms with van der Waals surface area (Å²) in [4.78, 5) is 14.3. The lowest BCUT2D eigenvalue weighted by molar-refractivity contribution is -0.128. The third-order valence-electron chi connectivity index (χ3n) is 5.76. The van der Waals surface area contributed by atoms with Gasteiger partial charge in [-0.15, -0.1) is 10.2 Å². The molecule has 1 atom stereocenters. The lowest BCUT2D eigenvalue weighted by Gasteiger charge is -2.23. The predicted molar refractivity (Wildman–Crippen MR) is 139 cm³/mol. The lowest BCUT2D eigenvalue weighted by Crippen LogP contribution is -2.38. The van der Waals surface area contributed by atoms with Gasteiger partial charge in [0.2, 0.25) is 5.91 Å². The molecule has 1 aromatic heterocycles. The fraction of sp³-hybridized carbons (Fsp3) is 0.375. The van der Waals surface area contributed by atoms with Crippen LogP contribution in [0.25, 0.3) is 5.69 Å². The van der Waals surface area contributed by atoms with Crippen molar-refractivity contribution in [3.05, 3.63) is 59.4 Å². The van der Waals surface area contributed by atoms with E-state index in [-0.39, 0.29) is 35.8 Å². The van der Waals surface area contributed by atoms with E-state index in [1.165, 1.54) is 16.7 Å².